The van der Waals surface area contributed by atoms with E-state index in [4.69, 9.17) is 10.5 Å². The summed E-state index contributed by atoms with van der Waals surface area (Å²) in [4.78, 5) is 4.43. The molecule has 1 fully saturated rings. The molecule has 1 aliphatic rings. The van der Waals surface area contributed by atoms with Gasteiger partial charge in [0, 0.05) is 38.5 Å². The molecule has 0 amide bonds. The van der Waals surface area contributed by atoms with Gasteiger partial charge < -0.3 is 15.0 Å². The van der Waals surface area contributed by atoms with Crippen LogP contribution in [0.5, 0.6) is 0 Å². The summed E-state index contributed by atoms with van der Waals surface area (Å²) in [5, 5.41) is 0. The fourth-order valence-electron chi connectivity index (χ4n) is 3.42. The Labute approximate surface area is 116 Å². The summed E-state index contributed by atoms with van der Waals surface area (Å²) in [5.74, 6) is 1.77. The zero-order chi connectivity index (χ0) is 13.9. The molecule has 1 aliphatic carbocycles. The second-order valence-corrected chi connectivity index (χ2v) is 5.91. The van der Waals surface area contributed by atoms with Gasteiger partial charge in [-0.05, 0) is 25.7 Å². The summed E-state index contributed by atoms with van der Waals surface area (Å²) in [6.45, 7) is 5.37. The minimum Gasteiger partial charge on any atom is -0.377 e. The second-order valence-electron chi connectivity index (χ2n) is 5.91. The van der Waals surface area contributed by atoms with E-state index >= 15 is 0 Å². The number of aryl methyl sites for hydroxylation is 1. The Morgan fingerprint density at radius 1 is 1.63 bits per heavy atom. The van der Waals surface area contributed by atoms with Gasteiger partial charge in [-0.1, -0.05) is 19.8 Å². The highest BCUT2D eigenvalue weighted by Gasteiger charge is 2.40. The average Bonchev–Trinajstić information content (AvgIpc) is 2.85. The molecule has 19 heavy (non-hydrogen) atoms. The zero-order valence-corrected chi connectivity index (χ0v) is 12.4. The van der Waals surface area contributed by atoms with Gasteiger partial charge in [0.1, 0.15) is 5.82 Å². The van der Waals surface area contributed by atoms with Crippen LogP contribution < -0.4 is 5.73 Å². The molecule has 2 N–H and O–H groups in total. The predicted molar refractivity (Wildman–Crippen MR) is 77.0 cm³/mol. The van der Waals surface area contributed by atoms with Gasteiger partial charge in [-0.3, -0.25) is 0 Å². The van der Waals surface area contributed by atoms with Gasteiger partial charge >= 0.3 is 0 Å². The van der Waals surface area contributed by atoms with Crippen molar-refractivity contribution >= 4 is 0 Å². The lowest BCUT2D eigenvalue weighted by Gasteiger charge is -2.43. The topological polar surface area (TPSA) is 53.1 Å². The number of ether oxygens (including phenoxy) is 1. The molecule has 1 heterocycles. The molecule has 0 aliphatic heterocycles. The molecule has 2 rings (SSSR count). The number of nitrogens with two attached hydrogens (primary N) is 1. The van der Waals surface area contributed by atoms with E-state index in [1.165, 1.54) is 12.8 Å². The molecule has 4 heteroatoms. The third-order valence-electron chi connectivity index (χ3n) is 4.62. The fraction of sp³-hybridized carbons (Fsp3) is 0.800. The Morgan fingerprint density at radius 2 is 2.42 bits per heavy atom. The maximum atomic E-state index is 6.49. The molecule has 0 radical (unpaired) electrons. The van der Waals surface area contributed by atoms with Crippen LogP contribution in [0.1, 0.15) is 45.4 Å². The number of imidazole rings is 1. The smallest absolute Gasteiger partial charge is 0.110 e. The standard InChI is InChI=1S/C15H27N3O/c1-4-18-9-8-17-14(18)10-13(16)15(19-3)7-5-6-12(2)11-15/h8-9,12-13H,4-7,10-11,16H2,1-3H3. The molecular formula is C15H27N3O. The zero-order valence-electron chi connectivity index (χ0n) is 12.4. The Bertz CT molecular complexity index is 404. The molecule has 0 saturated heterocycles. The fourth-order valence-corrected chi connectivity index (χ4v) is 3.42. The van der Waals surface area contributed by atoms with Crippen molar-refractivity contribution in [2.45, 2.75) is 64.1 Å². The van der Waals surface area contributed by atoms with Crippen LogP contribution in [0, 0.1) is 5.92 Å². The molecule has 0 spiro atoms. The van der Waals surface area contributed by atoms with Crippen LogP contribution in [-0.2, 0) is 17.7 Å². The summed E-state index contributed by atoms with van der Waals surface area (Å²) in [5.41, 5.74) is 6.33. The highest BCUT2D eigenvalue weighted by atomic mass is 16.5. The number of rotatable bonds is 5. The molecule has 1 saturated carbocycles. The van der Waals surface area contributed by atoms with Crippen molar-refractivity contribution in [1.82, 2.24) is 9.55 Å². The molecule has 0 aromatic carbocycles. The van der Waals surface area contributed by atoms with Crippen molar-refractivity contribution < 1.29 is 4.74 Å². The van der Waals surface area contributed by atoms with Crippen molar-refractivity contribution in [1.29, 1.82) is 0 Å². The Balaban J connectivity index is 2.10. The predicted octanol–water partition coefficient (Wildman–Crippen LogP) is 2.37. The molecule has 1 aromatic heterocycles. The number of hydrogen-bond donors (Lipinski definition) is 1. The first-order chi connectivity index (χ1) is 9.11. The normalized spacial score (nSPS) is 29.4. The van der Waals surface area contributed by atoms with Crippen LogP contribution in [-0.4, -0.2) is 28.3 Å². The van der Waals surface area contributed by atoms with E-state index in [9.17, 15) is 0 Å². The second kappa shape index (κ2) is 6.06. The summed E-state index contributed by atoms with van der Waals surface area (Å²) in [6, 6.07) is 0.0212. The first-order valence-electron chi connectivity index (χ1n) is 7.42. The van der Waals surface area contributed by atoms with Gasteiger partial charge in [0.15, 0.2) is 0 Å². The van der Waals surface area contributed by atoms with E-state index < -0.39 is 0 Å². The van der Waals surface area contributed by atoms with Gasteiger partial charge in [-0.25, -0.2) is 4.98 Å². The van der Waals surface area contributed by atoms with Gasteiger partial charge in [0.25, 0.3) is 0 Å². The summed E-state index contributed by atoms with van der Waals surface area (Å²) >= 11 is 0. The maximum Gasteiger partial charge on any atom is 0.110 e. The largest absolute Gasteiger partial charge is 0.377 e. The maximum absolute atomic E-state index is 6.49. The lowest BCUT2D eigenvalue weighted by Crippen LogP contribution is -2.53. The molecule has 108 valence electrons. The first-order valence-corrected chi connectivity index (χ1v) is 7.42. The monoisotopic (exact) mass is 265 g/mol. The number of hydrogen-bond acceptors (Lipinski definition) is 3. The minimum atomic E-state index is -0.164. The third-order valence-corrected chi connectivity index (χ3v) is 4.62. The molecule has 1 aromatic rings. The molecule has 4 nitrogen and oxygen atoms in total. The number of nitrogens with zero attached hydrogens (tertiary/aromatic N) is 2. The Morgan fingerprint density at radius 3 is 3.05 bits per heavy atom. The van der Waals surface area contributed by atoms with Crippen LogP contribution in [0.25, 0.3) is 0 Å². The SMILES string of the molecule is CCn1ccnc1CC(N)C1(OC)CCCC(C)C1. The van der Waals surface area contributed by atoms with E-state index in [2.05, 4.69) is 23.4 Å². The van der Waals surface area contributed by atoms with Crippen LogP contribution in [0.15, 0.2) is 12.4 Å². The summed E-state index contributed by atoms with van der Waals surface area (Å²) in [7, 11) is 1.81. The van der Waals surface area contributed by atoms with Crippen LogP contribution in [0.3, 0.4) is 0 Å². The van der Waals surface area contributed by atoms with Crippen LogP contribution in [0.4, 0.5) is 0 Å². The van der Waals surface area contributed by atoms with Crippen molar-refractivity contribution in [3.8, 4) is 0 Å². The van der Waals surface area contributed by atoms with Crippen molar-refractivity contribution in [2.24, 2.45) is 11.7 Å². The van der Waals surface area contributed by atoms with Crippen LogP contribution >= 0.6 is 0 Å². The quantitative estimate of drug-likeness (QED) is 0.889. The first kappa shape index (κ1) is 14.5. The number of methoxy groups -OCH3 is 1. The molecule has 3 atom stereocenters. The van der Waals surface area contributed by atoms with E-state index in [0.717, 1.165) is 31.6 Å². The van der Waals surface area contributed by atoms with Gasteiger partial charge in [-0.2, -0.15) is 0 Å². The summed E-state index contributed by atoms with van der Waals surface area (Å²) in [6.07, 6.45) is 9.31. The Kier molecular flexibility index (Phi) is 4.63. The van der Waals surface area contributed by atoms with Gasteiger partial charge in [-0.15, -0.1) is 0 Å². The molecular weight excluding hydrogens is 238 g/mol. The van der Waals surface area contributed by atoms with E-state index in [-0.39, 0.29) is 11.6 Å². The van der Waals surface area contributed by atoms with E-state index in [1.807, 2.05) is 19.5 Å². The lowest BCUT2D eigenvalue weighted by molar-refractivity contribution is -0.0709. The molecule has 0 bridgehead atoms. The average molecular weight is 265 g/mol. The lowest BCUT2D eigenvalue weighted by atomic mass is 9.74. The Hall–Kier alpha value is -0.870. The van der Waals surface area contributed by atoms with Crippen molar-refractivity contribution in [3.05, 3.63) is 18.2 Å². The van der Waals surface area contributed by atoms with Gasteiger partial charge in [0.05, 0.1) is 5.60 Å². The number of aromatic nitrogens is 2. The summed E-state index contributed by atoms with van der Waals surface area (Å²) < 4.78 is 8.03. The minimum absolute atomic E-state index is 0.0212. The highest BCUT2D eigenvalue weighted by molar-refractivity contribution is 5.03. The van der Waals surface area contributed by atoms with E-state index in [0.29, 0.717) is 5.92 Å². The van der Waals surface area contributed by atoms with Crippen molar-refractivity contribution in [2.75, 3.05) is 7.11 Å². The highest BCUT2D eigenvalue weighted by Crippen LogP contribution is 2.37. The van der Waals surface area contributed by atoms with E-state index in [1.54, 1.807) is 0 Å². The van der Waals surface area contributed by atoms with Gasteiger partial charge in [0.2, 0.25) is 0 Å². The third kappa shape index (κ3) is 3.00. The van der Waals surface area contributed by atoms with Crippen molar-refractivity contribution in [3.63, 3.8) is 0 Å². The molecule has 3 unspecified atom stereocenters. The van der Waals surface area contributed by atoms with Crippen LogP contribution in [0.2, 0.25) is 0 Å².